The van der Waals surface area contributed by atoms with Crippen LogP contribution >= 0.6 is 0 Å². The fourth-order valence-electron chi connectivity index (χ4n) is 3.32. The molecule has 7 nitrogen and oxygen atoms in total. The van der Waals surface area contributed by atoms with Crippen molar-refractivity contribution in [3.63, 3.8) is 0 Å². The summed E-state index contributed by atoms with van der Waals surface area (Å²) >= 11 is 0. The number of hydrogen-bond donors (Lipinski definition) is 1. The highest BCUT2D eigenvalue weighted by atomic mass is 16.5. The average molecular weight is 405 g/mol. The molecule has 1 heterocycles. The van der Waals surface area contributed by atoms with Gasteiger partial charge in [-0.2, -0.15) is 0 Å². The monoisotopic (exact) mass is 404 g/mol. The average Bonchev–Trinajstić information content (AvgIpc) is 2.76. The lowest BCUT2D eigenvalue weighted by Crippen LogP contribution is -2.45. The molecule has 1 aromatic carbocycles. The second-order valence-corrected chi connectivity index (χ2v) is 7.21. The highest BCUT2D eigenvalue weighted by Crippen LogP contribution is 2.19. The highest BCUT2D eigenvalue weighted by Gasteiger charge is 2.25. The smallest absolute Gasteiger partial charge is 0.325 e. The Morgan fingerprint density at radius 3 is 2.59 bits per heavy atom. The molecule has 0 aromatic heterocycles. The molecule has 2 rings (SSSR count). The van der Waals surface area contributed by atoms with Crippen molar-refractivity contribution in [1.82, 2.24) is 10.2 Å². The van der Waals surface area contributed by atoms with Crippen molar-refractivity contribution >= 4 is 17.8 Å². The third kappa shape index (κ3) is 7.40. The summed E-state index contributed by atoms with van der Waals surface area (Å²) < 4.78 is 10.6. The molecule has 0 aliphatic carbocycles. The Morgan fingerprint density at radius 2 is 1.90 bits per heavy atom. The zero-order valence-corrected chi connectivity index (χ0v) is 17.4. The number of nitrogens with one attached hydrogen (secondary N) is 1. The van der Waals surface area contributed by atoms with Crippen molar-refractivity contribution in [2.45, 2.75) is 58.4 Å². The Bertz CT molecular complexity index is 674. The van der Waals surface area contributed by atoms with E-state index in [0.29, 0.717) is 24.5 Å². The summed E-state index contributed by atoms with van der Waals surface area (Å²) in [6.45, 7) is 4.94. The SMILES string of the molecule is CCCCOc1ccc(C(=O)NCC(=O)OCC(=O)N2CCCC[C@@H]2CC)cc1. The van der Waals surface area contributed by atoms with Crippen LogP contribution in [0.4, 0.5) is 0 Å². The Balaban J connectivity index is 1.71. The largest absolute Gasteiger partial charge is 0.494 e. The number of carbonyl (C=O) groups is 3. The molecule has 1 aliphatic rings. The number of ether oxygens (including phenoxy) is 2. The quantitative estimate of drug-likeness (QED) is 0.479. The maximum atomic E-state index is 12.3. The summed E-state index contributed by atoms with van der Waals surface area (Å²) in [4.78, 5) is 38.2. The van der Waals surface area contributed by atoms with E-state index < -0.39 is 5.97 Å². The Kier molecular flexibility index (Phi) is 9.47. The minimum absolute atomic E-state index is 0.171. The molecular weight excluding hydrogens is 372 g/mol. The fraction of sp³-hybridized carbons (Fsp3) is 0.591. The lowest BCUT2D eigenvalue weighted by Gasteiger charge is -2.35. The first kappa shape index (κ1) is 22.7. The predicted octanol–water partition coefficient (Wildman–Crippen LogP) is 2.93. The molecule has 160 valence electrons. The molecule has 1 aromatic rings. The summed E-state index contributed by atoms with van der Waals surface area (Å²) in [5.41, 5.74) is 0.427. The van der Waals surface area contributed by atoms with Crippen molar-refractivity contribution in [2.24, 2.45) is 0 Å². The summed E-state index contributed by atoms with van der Waals surface area (Å²) in [5, 5.41) is 2.51. The van der Waals surface area contributed by atoms with Crippen LogP contribution in [0, 0.1) is 0 Å². The van der Waals surface area contributed by atoms with E-state index in [4.69, 9.17) is 9.47 Å². The van der Waals surface area contributed by atoms with E-state index in [0.717, 1.165) is 38.5 Å². The van der Waals surface area contributed by atoms with Crippen molar-refractivity contribution in [3.05, 3.63) is 29.8 Å². The van der Waals surface area contributed by atoms with Gasteiger partial charge < -0.3 is 19.7 Å². The number of piperidine rings is 1. The third-order valence-corrected chi connectivity index (χ3v) is 5.05. The van der Waals surface area contributed by atoms with Gasteiger partial charge in [-0.3, -0.25) is 14.4 Å². The molecule has 7 heteroatoms. The van der Waals surface area contributed by atoms with Gasteiger partial charge in [0.2, 0.25) is 0 Å². The molecule has 0 spiro atoms. The number of likely N-dealkylation sites (tertiary alicyclic amines) is 1. The zero-order chi connectivity index (χ0) is 21.1. The van der Waals surface area contributed by atoms with Crippen molar-refractivity contribution in [1.29, 1.82) is 0 Å². The molecule has 1 saturated heterocycles. The van der Waals surface area contributed by atoms with Crippen LogP contribution < -0.4 is 10.1 Å². The minimum atomic E-state index is -0.628. The molecule has 0 bridgehead atoms. The van der Waals surface area contributed by atoms with Crippen LogP contribution in [0.15, 0.2) is 24.3 Å². The van der Waals surface area contributed by atoms with Gasteiger partial charge in [-0.25, -0.2) is 0 Å². The van der Waals surface area contributed by atoms with Crippen LogP contribution in [-0.4, -0.2) is 55.0 Å². The van der Waals surface area contributed by atoms with E-state index in [1.165, 1.54) is 0 Å². The third-order valence-electron chi connectivity index (χ3n) is 5.05. The van der Waals surface area contributed by atoms with Gasteiger partial charge in [0.05, 0.1) is 6.61 Å². The van der Waals surface area contributed by atoms with E-state index in [1.54, 1.807) is 29.2 Å². The molecule has 1 atom stereocenters. The Labute approximate surface area is 172 Å². The lowest BCUT2D eigenvalue weighted by molar-refractivity contribution is -0.152. The van der Waals surface area contributed by atoms with Crippen molar-refractivity contribution in [2.75, 3.05) is 26.3 Å². The van der Waals surface area contributed by atoms with Gasteiger partial charge in [0.15, 0.2) is 6.61 Å². The second-order valence-electron chi connectivity index (χ2n) is 7.21. The maximum absolute atomic E-state index is 12.3. The van der Waals surface area contributed by atoms with E-state index in [1.807, 2.05) is 0 Å². The van der Waals surface area contributed by atoms with Gasteiger partial charge in [0.1, 0.15) is 12.3 Å². The topological polar surface area (TPSA) is 84.9 Å². The Hall–Kier alpha value is -2.57. The zero-order valence-electron chi connectivity index (χ0n) is 17.4. The van der Waals surface area contributed by atoms with Crippen LogP contribution in [-0.2, 0) is 14.3 Å². The summed E-state index contributed by atoms with van der Waals surface area (Å²) in [6, 6.07) is 6.97. The normalized spacial score (nSPS) is 16.2. The molecule has 29 heavy (non-hydrogen) atoms. The maximum Gasteiger partial charge on any atom is 0.325 e. The number of nitrogens with zero attached hydrogens (tertiary/aromatic N) is 1. The summed E-state index contributed by atoms with van der Waals surface area (Å²) in [6.07, 6.45) is 6.03. The number of hydrogen-bond acceptors (Lipinski definition) is 5. The molecular formula is C22H32N2O5. The van der Waals surface area contributed by atoms with Crippen molar-refractivity contribution in [3.8, 4) is 5.75 Å². The number of rotatable bonds is 10. The lowest BCUT2D eigenvalue weighted by atomic mass is 10.00. The van der Waals surface area contributed by atoms with Crippen LogP contribution in [0.25, 0.3) is 0 Å². The van der Waals surface area contributed by atoms with Gasteiger partial charge in [0.25, 0.3) is 11.8 Å². The highest BCUT2D eigenvalue weighted by molar-refractivity contribution is 5.96. The second kappa shape index (κ2) is 12.1. The van der Waals surface area contributed by atoms with Crippen LogP contribution in [0.1, 0.15) is 62.7 Å². The number of carbonyl (C=O) groups excluding carboxylic acids is 3. The molecule has 0 radical (unpaired) electrons. The van der Waals surface area contributed by atoms with E-state index in [9.17, 15) is 14.4 Å². The molecule has 1 fully saturated rings. The number of benzene rings is 1. The first-order valence-electron chi connectivity index (χ1n) is 10.5. The minimum Gasteiger partial charge on any atom is -0.494 e. The van der Waals surface area contributed by atoms with Crippen LogP contribution in [0.5, 0.6) is 5.75 Å². The number of amides is 2. The van der Waals surface area contributed by atoms with Gasteiger partial charge in [0, 0.05) is 18.2 Å². The van der Waals surface area contributed by atoms with E-state index in [-0.39, 0.29) is 31.0 Å². The van der Waals surface area contributed by atoms with Gasteiger partial charge in [-0.05, 0) is 56.4 Å². The predicted molar refractivity (Wildman–Crippen MR) is 110 cm³/mol. The summed E-state index contributed by atoms with van der Waals surface area (Å²) in [5.74, 6) is -0.474. The van der Waals surface area contributed by atoms with Crippen LogP contribution in [0.2, 0.25) is 0 Å². The number of unbranched alkanes of at least 4 members (excludes halogenated alkanes) is 1. The Morgan fingerprint density at radius 1 is 1.14 bits per heavy atom. The van der Waals surface area contributed by atoms with Crippen molar-refractivity contribution < 1.29 is 23.9 Å². The first-order chi connectivity index (χ1) is 14.0. The first-order valence-corrected chi connectivity index (χ1v) is 10.5. The van der Waals surface area contributed by atoms with E-state index in [2.05, 4.69) is 19.2 Å². The van der Waals surface area contributed by atoms with Gasteiger partial charge >= 0.3 is 5.97 Å². The fourth-order valence-corrected chi connectivity index (χ4v) is 3.32. The molecule has 1 N–H and O–H groups in total. The molecule has 2 amide bonds. The molecule has 0 saturated carbocycles. The van der Waals surface area contributed by atoms with Crippen LogP contribution in [0.3, 0.4) is 0 Å². The summed E-state index contributed by atoms with van der Waals surface area (Å²) in [7, 11) is 0. The van der Waals surface area contributed by atoms with Gasteiger partial charge in [-0.1, -0.05) is 20.3 Å². The standard InChI is InChI=1S/C22H32N2O5/c1-3-5-14-28-19-11-9-17(10-12-19)22(27)23-15-21(26)29-16-20(25)24-13-7-6-8-18(24)4-2/h9-12,18H,3-8,13-16H2,1-2H3,(H,23,27)/t18-/m0/s1. The molecule has 1 aliphatic heterocycles. The number of esters is 1. The van der Waals surface area contributed by atoms with E-state index >= 15 is 0 Å². The molecule has 0 unspecified atom stereocenters. The van der Waals surface area contributed by atoms with Gasteiger partial charge in [-0.15, -0.1) is 0 Å².